The average Bonchev–Trinajstić information content (AvgIpc) is 2.87. The molecule has 1 aliphatic rings. The van der Waals surface area contributed by atoms with Gasteiger partial charge < -0.3 is 10.1 Å². The summed E-state index contributed by atoms with van der Waals surface area (Å²) in [6, 6.07) is 13.5. The van der Waals surface area contributed by atoms with Crippen LogP contribution in [0.25, 0.3) is 6.08 Å². The lowest BCUT2D eigenvalue weighted by molar-refractivity contribution is -0.115. The fourth-order valence-electron chi connectivity index (χ4n) is 2.22. The van der Waals surface area contributed by atoms with Crippen LogP contribution in [0.4, 0.5) is 5.69 Å². The van der Waals surface area contributed by atoms with Crippen LogP contribution in [0.15, 0.2) is 56.8 Å². The number of nitrogens with one attached hydrogen (secondary N) is 1. The first-order valence-electron chi connectivity index (χ1n) is 7.25. The van der Waals surface area contributed by atoms with Crippen LogP contribution in [0, 0.1) is 6.92 Å². The van der Waals surface area contributed by atoms with Crippen LogP contribution >= 0.6 is 27.7 Å². The number of ether oxygens (including phenoxy) is 1. The molecule has 0 unspecified atom stereocenters. The number of aryl methyl sites for hydroxylation is 1. The maximum Gasteiger partial charge on any atom is 0.264 e. The van der Waals surface area contributed by atoms with Crippen molar-refractivity contribution in [2.45, 2.75) is 6.92 Å². The lowest BCUT2D eigenvalue weighted by Gasteiger charge is -2.03. The summed E-state index contributed by atoms with van der Waals surface area (Å²) in [6.07, 6.45) is 1.84. The number of hydrogen-bond donors (Lipinski definition) is 1. The standard InChI is InChI=1S/C18H15BrN2O2S/c1-11-4-3-5-13(8-11)20-18-21-17(22)16(24-18)10-12-6-7-15(23-2)14(19)9-12/h3-10H,1-2H3,(H,20,21,22)/b16-10+. The van der Waals surface area contributed by atoms with Gasteiger partial charge in [0.2, 0.25) is 0 Å². The van der Waals surface area contributed by atoms with Crippen molar-refractivity contribution in [3.8, 4) is 5.75 Å². The van der Waals surface area contributed by atoms with Crippen molar-refractivity contribution < 1.29 is 9.53 Å². The second-order valence-corrected chi connectivity index (χ2v) is 7.10. The first kappa shape index (κ1) is 16.8. The predicted molar refractivity (Wildman–Crippen MR) is 103 cm³/mol. The summed E-state index contributed by atoms with van der Waals surface area (Å²) in [4.78, 5) is 17.2. The van der Waals surface area contributed by atoms with Gasteiger partial charge >= 0.3 is 0 Å². The second-order valence-electron chi connectivity index (χ2n) is 5.21. The Kier molecular flexibility index (Phi) is 5.06. The lowest BCUT2D eigenvalue weighted by Crippen LogP contribution is -2.19. The van der Waals surface area contributed by atoms with Crippen molar-refractivity contribution in [1.29, 1.82) is 0 Å². The summed E-state index contributed by atoms with van der Waals surface area (Å²) >= 11 is 4.78. The van der Waals surface area contributed by atoms with Crippen LogP contribution in [0.5, 0.6) is 5.75 Å². The third-order valence-electron chi connectivity index (χ3n) is 3.36. The van der Waals surface area contributed by atoms with Gasteiger partial charge in [-0.3, -0.25) is 4.79 Å². The van der Waals surface area contributed by atoms with Gasteiger partial charge in [-0.15, -0.1) is 0 Å². The normalized spacial score (nSPS) is 17.4. The Morgan fingerprint density at radius 2 is 2.08 bits per heavy atom. The monoisotopic (exact) mass is 402 g/mol. The number of hydrogen-bond acceptors (Lipinski definition) is 4. The zero-order valence-electron chi connectivity index (χ0n) is 13.2. The minimum Gasteiger partial charge on any atom is -0.496 e. The Labute approximate surface area is 153 Å². The van der Waals surface area contributed by atoms with Crippen LogP contribution in [0.1, 0.15) is 11.1 Å². The number of carbonyl (C=O) groups is 1. The van der Waals surface area contributed by atoms with Gasteiger partial charge in [-0.1, -0.05) is 18.2 Å². The number of amides is 1. The van der Waals surface area contributed by atoms with Crippen molar-refractivity contribution in [2.24, 2.45) is 4.99 Å². The maximum atomic E-state index is 12.1. The Morgan fingerprint density at radius 1 is 1.25 bits per heavy atom. The summed E-state index contributed by atoms with van der Waals surface area (Å²) in [7, 11) is 1.62. The van der Waals surface area contributed by atoms with E-state index in [0.717, 1.165) is 27.0 Å². The molecule has 0 saturated carbocycles. The zero-order valence-corrected chi connectivity index (χ0v) is 15.6. The van der Waals surface area contributed by atoms with E-state index in [-0.39, 0.29) is 5.91 Å². The van der Waals surface area contributed by atoms with Gasteiger partial charge in [-0.25, -0.2) is 4.99 Å². The highest BCUT2D eigenvalue weighted by Crippen LogP contribution is 2.31. The van der Waals surface area contributed by atoms with E-state index >= 15 is 0 Å². The van der Waals surface area contributed by atoms with Crippen LogP contribution in [0.2, 0.25) is 0 Å². The summed E-state index contributed by atoms with van der Waals surface area (Å²) in [5.74, 6) is 0.612. The molecule has 24 heavy (non-hydrogen) atoms. The zero-order chi connectivity index (χ0) is 17.1. The Hall–Kier alpha value is -2.05. The molecule has 2 aromatic rings. The van der Waals surface area contributed by atoms with Gasteiger partial charge in [0, 0.05) is 0 Å². The molecule has 0 atom stereocenters. The summed E-state index contributed by atoms with van der Waals surface area (Å²) in [6.45, 7) is 2.01. The molecule has 122 valence electrons. The van der Waals surface area contributed by atoms with Crippen molar-refractivity contribution in [3.05, 3.63) is 63.0 Å². The SMILES string of the molecule is COc1ccc(/C=C2/SC(=Nc3cccc(C)c3)NC2=O)cc1Br. The Balaban J connectivity index is 1.83. The summed E-state index contributed by atoms with van der Waals surface area (Å²) < 4.78 is 6.06. The summed E-state index contributed by atoms with van der Waals surface area (Å²) in [5.41, 5.74) is 2.87. The molecule has 3 rings (SSSR count). The number of aliphatic imine (C=N–C) groups is 1. The number of benzene rings is 2. The number of amidine groups is 1. The number of rotatable bonds is 3. The Bertz CT molecular complexity index is 862. The molecule has 0 aliphatic carbocycles. The van der Waals surface area contributed by atoms with Gasteiger partial charge in [-0.2, -0.15) is 0 Å². The van der Waals surface area contributed by atoms with Gasteiger partial charge in [-0.05, 0) is 76.1 Å². The molecule has 0 spiro atoms. The van der Waals surface area contributed by atoms with E-state index in [2.05, 4.69) is 26.2 Å². The molecule has 1 amide bonds. The molecule has 2 aromatic carbocycles. The molecule has 6 heteroatoms. The number of nitrogens with zero attached hydrogens (tertiary/aromatic N) is 1. The fraction of sp³-hybridized carbons (Fsp3) is 0.111. The quantitative estimate of drug-likeness (QED) is 0.759. The Morgan fingerprint density at radius 3 is 2.79 bits per heavy atom. The first-order valence-corrected chi connectivity index (χ1v) is 8.86. The molecule has 0 aromatic heterocycles. The average molecular weight is 403 g/mol. The predicted octanol–water partition coefficient (Wildman–Crippen LogP) is 4.66. The molecule has 4 nitrogen and oxygen atoms in total. The maximum absolute atomic E-state index is 12.1. The van der Waals surface area contributed by atoms with Crippen LogP contribution < -0.4 is 10.1 Å². The van der Waals surface area contributed by atoms with Gasteiger partial charge in [0.1, 0.15) is 5.75 Å². The molecule has 1 heterocycles. The topological polar surface area (TPSA) is 50.7 Å². The highest BCUT2D eigenvalue weighted by atomic mass is 79.9. The van der Waals surface area contributed by atoms with Crippen LogP contribution in [-0.4, -0.2) is 18.2 Å². The molecular formula is C18H15BrN2O2S. The molecule has 1 N–H and O–H groups in total. The number of thioether (sulfide) groups is 1. The van der Waals surface area contributed by atoms with Crippen molar-refractivity contribution in [1.82, 2.24) is 5.32 Å². The van der Waals surface area contributed by atoms with Crippen LogP contribution in [0.3, 0.4) is 0 Å². The molecule has 1 fully saturated rings. The highest BCUT2D eigenvalue weighted by Gasteiger charge is 2.23. The van der Waals surface area contributed by atoms with E-state index in [4.69, 9.17) is 4.74 Å². The highest BCUT2D eigenvalue weighted by molar-refractivity contribution is 9.10. The van der Waals surface area contributed by atoms with E-state index in [9.17, 15) is 4.79 Å². The molecule has 0 bridgehead atoms. The van der Waals surface area contributed by atoms with E-state index in [1.54, 1.807) is 7.11 Å². The number of carbonyl (C=O) groups excluding carboxylic acids is 1. The lowest BCUT2D eigenvalue weighted by atomic mass is 10.2. The second kappa shape index (κ2) is 7.23. The summed E-state index contributed by atoms with van der Waals surface area (Å²) in [5, 5.41) is 3.39. The van der Waals surface area contributed by atoms with E-state index in [1.807, 2.05) is 55.5 Å². The third-order valence-corrected chi connectivity index (χ3v) is 4.89. The molecular weight excluding hydrogens is 388 g/mol. The largest absolute Gasteiger partial charge is 0.496 e. The minimum atomic E-state index is -0.140. The van der Waals surface area contributed by atoms with Crippen LogP contribution in [-0.2, 0) is 4.79 Å². The minimum absolute atomic E-state index is 0.140. The van der Waals surface area contributed by atoms with E-state index in [1.165, 1.54) is 11.8 Å². The molecule has 1 aliphatic heterocycles. The fourth-order valence-corrected chi connectivity index (χ4v) is 3.62. The van der Waals surface area contributed by atoms with Gasteiger partial charge in [0.25, 0.3) is 5.91 Å². The molecule has 1 saturated heterocycles. The molecule has 0 radical (unpaired) electrons. The first-order chi connectivity index (χ1) is 11.5. The van der Waals surface area contributed by atoms with Gasteiger partial charge in [0.05, 0.1) is 22.2 Å². The van der Waals surface area contributed by atoms with Gasteiger partial charge in [0.15, 0.2) is 5.17 Å². The third kappa shape index (κ3) is 3.88. The van der Waals surface area contributed by atoms with E-state index in [0.29, 0.717) is 10.1 Å². The smallest absolute Gasteiger partial charge is 0.264 e. The van der Waals surface area contributed by atoms with E-state index < -0.39 is 0 Å². The number of halogens is 1. The van der Waals surface area contributed by atoms with Crippen molar-refractivity contribution in [2.75, 3.05) is 7.11 Å². The number of methoxy groups -OCH3 is 1. The van der Waals surface area contributed by atoms with Crippen molar-refractivity contribution in [3.63, 3.8) is 0 Å². The van der Waals surface area contributed by atoms with Crippen molar-refractivity contribution >= 4 is 50.5 Å².